The molecule has 2 amide bonds. The molecule has 2 rings (SSSR count). The third-order valence-electron chi connectivity index (χ3n) is 4.16. The Kier molecular flexibility index (Phi) is 6.27. The van der Waals surface area contributed by atoms with Gasteiger partial charge in [-0.1, -0.05) is 0 Å². The van der Waals surface area contributed by atoms with Crippen molar-refractivity contribution in [2.75, 3.05) is 47.4 Å². The minimum absolute atomic E-state index is 0.0371. The van der Waals surface area contributed by atoms with Crippen LogP contribution in [0.1, 0.15) is 24.6 Å². The first-order valence-corrected chi connectivity index (χ1v) is 7.84. The lowest BCUT2D eigenvalue weighted by molar-refractivity contribution is 0.0585. The number of ether oxygens (including phenoxy) is 1. The molecule has 1 aromatic rings. The monoisotopic (exact) mass is 309 g/mol. The normalized spacial score (nSPS) is 17.5. The number of carbonyl (C=O) groups is 1. The predicted molar refractivity (Wildman–Crippen MR) is 84.7 cm³/mol. The van der Waals surface area contributed by atoms with Crippen LogP contribution in [-0.4, -0.2) is 63.3 Å². The van der Waals surface area contributed by atoms with Crippen molar-refractivity contribution in [3.63, 3.8) is 0 Å². The Labute approximate surface area is 132 Å². The van der Waals surface area contributed by atoms with Gasteiger partial charge in [0.2, 0.25) is 0 Å². The fraction of sp³-hybridized carbons (Fsp3) is 0.688. The number of nitrogens with zero attached hydrogens (tertiary/aromatic N) is 2. The molecule has 0 saturated carbocycles. The van der Waals surface area contributed by atoms with E-state index in [0.29, 0.717) is 12.5 Å². The van der Waals surface area contributed by atoms with Crippen LogP contribution in [0.5, 0.6) is 0 Å². The van der Waals surface area contributed by atoms with Gasteiger partial charge in [-0.3, -0.25) is 4.90 Å². The number of furan rings is 1. The maximum absolute atomic E-state index is 12.2. The summed E-state index contributed by atoms with van der Waals surface area (Å²) in [6, 6.07) is 3.80. The first-order valence-electron chi connectivity index (χ1n) is 7.84. The lowest BCUT2D eigenvalue weighted by atomic mass is 10.00. The summed E-state index contributed by atoms with van der Waals surface area (Å²) in [5, 5.41) is 3.00. The van der Waals surface area contributed by atoms with Crippen molar-refractivity contribution in [2.24, 2.45) is 5.92 Å². The molecule has 0 unspecified atom stereocenters. The Hall–Kier alpha value is -1.53. The van der Waals surface area contributed by atoms with E-state index in [1.54, 1.807) is 11.2 Å². The zero-order valence-corrected chi connectivity index (χ0v) is 13.7. The number of urea groups is 1. The highest BCUT2D eigenvalue weighted by molar-refractivity contribution is 5.73. The van der Waals surface area contributed by atoms with Gasteiger partial charge < -0.3 is 19.4 Å². The van der Waals surface area contributed by atoms with Gasteiger partial charge >= 0.3 is 6.03 Å². The molecule has 1 fully saturated rings. The molecule has 1 N–H and O–H groups in total. The van der Waals surface area contributed by atoms with E-state index in [0.717, 1.165) is 38.4 Å². The van der Waals surface area contributed by atoms with E-state index in [-0.39, 0.29) is 12.1 Å². The number of hydrogen-bond acceptors (Lipinski definition) is 4. The summed E-state index contributed by atoms with van der Waals surface area (Å²) in [6.07, 6.45) is 3.72. The molecule has 0 bridgehead atoms. The third kappa shape index (κ3) is 4.74. The molecule has 0 spiro atoms. The lowest BCUT2D eigenvalue weighted by Crippen LogP contribution is -2.43. The van der Waals surface area contributed by atoms with Crippen molar-refractivity contribution in [1.82, 2.24) is 15.1 Å². The molecule has 1 aliphatic heterocycles. The Bertz CT molecular complexity index is 441. The Morgan fingerprint density at radius 3 is 2.68 bits per heavy atom. The van der Waals surface area contributed by atoms with E-state index >= 15 is 0 Å². The maximum Gasteiger partial charge on any atom is 0.317 e. The number of hydrogen-bond donors (Lipinski definition) is 1. The topological polar surface area (TPSA) is 58.0 Å². The van der Waals surface area contributed by atoms with Gasteiger partial charge in [-0.2, -0.15) is 0 Å². The second kappa shape index (κ2) is 8.19. The van der Waals surface area contributed by atoms with E-state index in [9.17, 15) is 4.79 Å². The molecule has 0 radical (unpaired) electrons. The standard InChI is InChI=1S/C16H27N3O3/c1-18(2)14(15-5-4-8-22-15)11-17-16(20)19(3)12-13-6-9-21-10-7-13/h4-5,8,13-14H,6-7,9-12H2,1-3H3,(H,17,20)/t14-/m1/s1. The highest BCUT2D eigenvalue weighted by Gasteiger charge is 2.21. The third-order valence-corrected chi connectivity index (χ3v) is 4.16. The summed E-state index contributed by atoms with van der Waals surface area (Å²) in [7, 11) is 5.80. The number of likely N-dealkylation sites (N-methyl/N-ethyl adjacent to an activating group) is 1. The molecule has 22 heavy (non-hydrogen) atoms. The molecule has 1 aromatic heterocycles. The van der Waals surface area contributed by atoms with Crippen LogP contribution < -0.4 is 5.32 Å². The van der Waals surface area contributed by atoms with Crippen LogP contribution >= 0.6 is 0 Å². The Morgan fingerprint density at radius 1 is 1.36 bits per heavy atom. The van der Waals surface area contributed by atoms with Crippen LogP contribution in [0, 0.1) is 5.92 Å². The SMILES string of the molecule is CN(CC1CCOCC1)C(=O)NC[C@H](c1ccco1)N(C)C. The predicted octanol–water partition coefficient (Wildman–Crippen LogP) is 1.95. The number of carbonyl (C=O) groups excluding carboxylic acids is 1. The van der Waals surface area contributed by atoms with Gasteiger partial charge in [0.15, 0.2) is 0 Å². The molecule has 6 heteroatoms. The van der Waals surface area contributed by atoms with Crippen molar-refractivity contribution in [3.8, 4) is 0 Å². The number of amides is 2. The van der Waals surface area contributed by atoms with E-state index in [4.69, 9.17) is 9.15 Å². The summed E-state index contributed by atoms with van der Waals surface area (Å²) in [6.45, 7) is 2.92. The van der Waals surface area contributed by atoms with Gasteiger partial charge in [0.1, 0.15) is 5.76 Å². The van der Waals surface area contributed by atoms with Crippen LogP contribution in [0.15, 0.2) is 22.8 Å². The van der Waals surface area contributed by atoms with Gasteiger partial charge in [-0.05, 0) is 45.0 Å². The fourth-order valence-corrected chi connectivity index (χ4v) is 2.74. The first-order chi connectivity index (χ1) is 10.6. The average molecular weight is 309 g/mol. The summed E-state index contributed by atoms with van der Waals surface area (Å²) in [5.41, 5.74) is 0. The van der Waals surface area contributed by atoms with Crippen molar-refractivity contribution in [1.29, 1.82) is 0 Å². The van der Waals surface area contributed by atoms with Gasteiger partial charge in [-0.25, -0.2) is 4.79 Å². The molecule has 0 aromatic carbocycles. The quantitative estimate of drug-likeness (QED) is 0.872. The second-order valence-corrected chi connectivity index (χ2v) is 6.12. The molecule has 0 aliphatic carbocycles. The van der Waals surface area contributed by atoms with Crippen molar-refractivity contribution >= 4 is 6.03 Å². The molecule has 1 saturated heterocycles. The van der Waals surface area contributed by atoms with E-state index in [1.807, 2.05) is 38.2 Å². The van der Waals surface area contributed by atoms with Crippen molar-refractivity contribution < 1.29 is 13.9 Å². The minimum atomic E-state index is -0.0371. The zero-order valence-electron chi connectivity index (χ0n) is 13.7. The molecule has 6 nitrogen and oxygen atoms in total. The molecule has 1 aliphatic rings. The smallest absolute Gasteiger partial charge is 0.317 e. The highest BCUT2D eigenvalue weighted by atomic mass is 16.5. The van der Waals surface area contributed by atoms with Gasteiger partial charge in [0.05, 0.1) is 12.3 Å². The largest absolute Gasteiger partial charge is 0.468 e. The zero-order chi connectivity index (χ0) is 15.9. The van der Waals surface area contributed by atoms with Crippen LogP contribution in [0.4, 0.5) is 4.79 Å². The average Bonchev–Trinajstić information content (AvgIpc) is 3.02. The van der Waals surface area contributed by atoms with Crippen molar-refractivity contribution in [3.05, 3.63) is 24.2 Å². The Morgan fingerprint density at radius 2 is 2.09 bits per heavy atom. The maximum atomic E-state index is 12.2. The number of nitrogens with one attached hydrogen (secondary N) is 1. The van der Waals surface area contributed by atoms with E-state index in [1.165, 1.54) is 0 Å². The van der Waals surface area contributed by atoms with Crippen LogP contribution in [0.2, 0.25) is 0 Å². The lowest BCUT2D eigenvalue weighted by Gasteiger charge is -2.28. The van der Waals surface area contributed by atoms with Gasteiger partial charge in [-0.15, -0.1) is 0 Å². The molecule has 2 heterocycles. The summed E-state index contributed by atoms with van der Waals surface area (Å²) >= 11 is 0. The summed E-state index contributed by atoms with van der Waals surface area (Å²) in [5.74, 6) is 1.40. The highest BCUT2D eigenvalue weighted by Crippen LogP contribution is 2.18. The summed E-state index contributed by atoms with van der Waals surface area (Å²) < 4.78 is 10.8. The number of rotatable bonds is 6. The first kappa shape index (κ1) is 16.8. The fourth-order valence-electron chi connectivity index (χ4n) is 2.74. The van der Waals surface area contributed by atoms with Gasteiger partial charge in [0.25, 0.3) is 0 Å². The molecule has 124 valence electrons. The van der Waals surface area contributed by atoms with E-state index in [2.05, 4.69) is 5.32 Å². The molecule has 1 atom stereocenters. The Balaban J connectivity index is 1.80. The minimum Gasteiger partial charge on any atom is -0.468 e. The van der Waals surface area contributed by atoms with Crippen LogP contribution in [0.25, 0.3) is 0 Å². The van der Waals surface area contributed by atoms with Crippen molar-refractivity contribution in [2.45, 2.75) is 18.9 Å². The summed E-state index contributed by atoms with van der Waals surface area (Å²) in [4.78, 5) is 16.1. The van der Waals surface area contributed by atoms with Gasteiger partial charge in [0, 0.05) is 33.4 Å². The van der Waals surface area contributed by atoms with E-state index < -0.39 is 0 Å². The second-order valence-electron chi connectivity index (χ2n) is 6.12. The van der Waals surface area contributed by atoms with Crippen LogP contribution in [0.3, 0.4) is 0 Å². The van der Waals surface area contributed by atoms with Crippen LogP contribution in [-0.2, 0) is 4.74 Å². The molecular formula is C16H27N3O3. The molecular weight excluding hydrogens is 282 g/mol.